The molecule has 12 heteroatoms. The van der Waals surface area contributed by atoms with Crippen molar-refractivity contribution in [1.82, 2.24) is 19.6 Å². The monoisotopic (exact) mass is 505 g/mol. The predicted octanol–water partition coefficient (Wildman–Crippen LogP) is 1.93. The van der Waals surface area contributed by atoms with Crippen LogP contribution in [0.2, 0.25) is 0 Å². The maximum Gasteiger partial charge on any atom is 0.320 e. The van der Waals surface area contributed by atoms with Gasteiger partial charge in [-0.05, 0) is 44.0 Å². The van der Waals surface area contributed by atoms with Gasteiger partial charge in [-0.3, -0.25) is 24.0 Å². The Hall–Kier alpha value is -3.41. The molecule has 2 amide bonds. The number of hydrogen-bond acceptors (Lipinski definition) is 5. The summed E-state index contributed by atoms with van der Waals surface area (Å²) >= 11 is 0. The van der Waals surface area contributed by atoms with Crippen LogP contribution < -0.4 is 4.90 Å². The molecule has 3 aliphatic rings. The molecule has 2 saturated heterocycles. The van der Waals surface area contributed by atoms with Crippen LogP contribution in [0.15, 0.2) is 18.3 Å². The molecule has 2 fully saturated rings. The van der Waals surface area contributed by atoms with Crippen LogP contribution in [0.4, 0.5) is 18.9 Å². The fourth-order valence-electron chi connectivity index (χ4n) is 5.57. The number of benzene rings is 1. The molecule has 0 spiro atoms. The standard InChI is InChI=1S/C24H26F3N5O4/c1-13-10-32-20(12-30(13)21(33)7-14-5-16(25)23(27)17(26)6-14)19(9-28-32)31-11-15(8-22(31)34)29-4-2-3-18(29)24(35)36/h5-6,9,13,15,18H,2-4,7-8,10-12H2,1H3,(H,35,36)/t13-,15?,18-/m0/s1. The van der Waals surface area contributed by atoms with Crippen molar-refractivity contribution in [3.8, 4) is 0 Å². The Morgan fingerprint density at radius 1 is 1.17 bits per heavy atom. The number of carboxylic acids is 1. The second kappa shape index (κ2) is 9.23. The van der Waals surface area contributed by atoms with Gasteiger partial charge >= 0.3 is 5.97 Å². The predicted molar refractivity (Wildman–Crippen MR) is 120 cm³/mol. The van der Waals surface area contributed by atoms with Crippen molar-refractivity contribution >= 4 is 23.5 Å². The third-order valence-electron chi connectivity index (χ3n) is 7.38. The number of carboxylic acid groups (broad SMARTS) is 1. The van der Waals surface area contributed by atoms with Crippen LogP contribution in [0.5, 0.6) is 0 Å². The highest BCUT2D eigenvalue weighted by Gasteiger charge is 2.43. The van der Waals surface area contributed by atoms with Crippen molar-refractivity contribution in [1.29, 1.82) is 0 Å². The molecule has 36 heavy (non-hydrogen) atoms. The molecule has 3 atom stereocenters. The lowest BCUT2D eigenvalue weighted by molar-refractivity contribution is -0.143. The molecule has 0 aliphatic carbocycles. The minimum absolute atomic E-state index is 0.0269. The summed E-state index contributed by atoms with van der Waals surface area (Å²) in [5.41, 5.74) is 1.25. The lowest BCUT2D eigenvalue weighted by Gasteiger charge is -2.35. The number of carbonyl (C=O) groups excluding carboxylic acids is 2. The largest absolute Gasteiger partial charge is 0.480 e. The Labute approximate surface area is 205 Å². The number of halogens is 3. The average molecular weight is 505 g/mol. The molecular formula is C24H26F3N5O4. The number of anilines is 1. The molecule has 0 radical (unpaired) electrons. The van der Waals surface area contributed by atoms with E-state index in [0.717, 1.165) is 18.6 Å². The highest BCUT2D eigenvalue weighted by Crippen LogP contribution is 2.33. The van der Waals surface area contributed by atoms with Crippen molar-refractivity contribution in [2.24, 2.45) is 0 Å². The molecule has 1 aromatic carbocycles. The summed E-state index contributed by atoms with van der Waals surface area (Å²) in [6.07, 6.45) is 2.80. The number of fused-ring (bicyclic) bond motifs is 1. The zero-order chi connectivity index (χ0) is 25.7. The van der Waals surface area contributed by atoms with Crippen LogP contribution in [0, 0.1) is 17.5 Å². The molecule has 9 nitrogen and oxygen atoms in total. The first-order valence-electron chi connectivity index (χ1n) is 11.9. The first-order valence-corrected chi connectivity index (χ1v) is 11.9. The van der Waals surface area contributed by atoms with Gasteiger partial charge in [0.25, 0.3) is 0 Å². The van der Waals surface area contributed by atoms with Gasteiger partial charge in [0.05, 0.1) is 37.1 Å². The Morgan fingerprint density at radius 2 is 1.89 bits per heavy atom. The van der Waals surface area contributed by atoms with Crippen molar-refractivity contribution in [3.05, 3.63) is 47.0 Å². The number of amides is 2. The third-order valence-corrected chi connectivity index (χ3v) is 7.38. The van der Waals surface area contributed by atoms with Gasteiger partial charge in [0.2, 0.25) is 11.8 Å². The van der Waals surface area contributed by atoms with E-state index in [0.29, 0.717) is 37.4 Å². The summed E-state index contributed by atoms with van der Waals surface area (Å²) in [6.45, 7) is 3.28. The summed E-state index contributed by atoms with van der Waals surface area (Å²) in [6, 6.07) is 0.536. The molecule has 2 aromatic rings. The van der Waals surface area contributed by atoms with Crippen LogP contribution >= 0.6 is 0 Å². The molecule has 4 heterocycles. The van der Waals surface area contributed by atoms with E-state index in [1.54, 1.807) is 20.7 Å². The second-order valence-electron chi connectivity index (χ2n) is 9.68. The number of rotatable bonds is 5. The van der Waals surface area contributed by atoms with Crippen LogP contribution in [-0.4, -0.2) is 73.7 Å². The fourth-order valence-corrected chi connectivity index (χ4v) is 5.57. The molecule has 1 aromatic heterocycles. The van der Waals surface area contributed by atoms with Crippen LogP contribution in [0.3, 0.4) is 0 Å². The van der Waals surface area contributed by atoms with E-state index in [1.807, 2.05) is 11.8 Å². The summed E-state index contributed by atoms with van der Waals surface area (Å²) in [4.78, 5) is 42.7. The van der Waals surface area contributed by atoms with E-state index in [4.69, 9.17) is 0 Å². The van der Waals surface area contributed by atoms with E-state index < -0.39 is 35.4 Å². The number of carbonyl (C=O) groups is 3. The summed E-state index contributed by atoms with van der Waals surface area (Å²) < 4.78 is 42.2. The van der Waals surface area contributed by atoms with Gasteiger partial charge in [0, 0.05) is 25.0 Å². The first-order chi connectivity index (χ1) is 17.1. The van der Waals surface area contributed by atoms with Gasteiger partial charge in [-0.2, -0.15) is 5.10 Å². The summed E-state index contributed by atoms with van der Waals surface area (Å²) in [7, 11) is 0. The van der Waals surface area contributed by atoms with E-state index in [-0.39, 0.29) is 42.9 Å². The molecule has 192 valence electrons. The quantitative estimate of drug-likeness (QED) is 0.624. The van der Waals surface area contributed by atoms with Gasteiger partial charge in [0.1, 0.15) is 6.04 Å². The van der Waals surface area contributed by atoms with Crippen molar-refractivity contribution in [3.63, 3.8) is 0 Å². The van der Waals surface area contributed by atoms with Crippen LogP contribution in [0.1, 0.15) is 37.4 Å². The van der Waals surface area contributed by atoms with Crippen molar-refractivity contribution in [2.45, 2.75) is 63.8 Å². The zero-order valence-corrected chi connectivity index (χ0v) is 19.7. The Kier molecular flexibility index (Phi) is 6.23. The van der Waals surface area contributed by atoms with Gasteiger partial charge < -0.3 is 14.9 Å². The number of nitrogens with zero attached hydrogens (tertiary/aromatic N) is 5. The fraction of sp³-hybridized carbons (Fsp3) is 0.500. The summed E-state index contributed by atoms with van der Waals surface area (Å²) in [5.74, 6) is -5.70. The zero-order valence-electron chi connectivity index (χ0n) is 19.7. The molecule has 1 unspecified atom stereocenters. The molecular weight excluding hydrogens is 479 g/mol. The Bertz CT molecular complexity index is 1210. The maximum absolute atomic E-state index is 13.6. The number of aromatic nitrogens is 2. The van der Waals surface area contributed by atoms with Gasteiger partial charge in [-0.1, -0.05) is 0 Å². The lowest BCUT2D eigenvalue weighted by atomic mass is 10.1. The highest BCUT2D eigenvalue weighted by atomic mass is 19.2. The number of likely N-dealkylation sites (tertiary alicyclic amines) is 1. The van der Waals surface area contributed by atoms with E-state index in [2.05, 4.69) is 5.10 Å². The summed E-state index contributed by atoms with van der Waals surface area (Å²) in [5, 5.41) is 13.9. The minimum atomic E-state index is -1.58. The molecule has 0 saturated carbocycles. The minimum Gasteiger partial charge on any atom is -0.480 e. The first kappa shape index (κ1) is 24.3. The number of aliphatic carboxylic acids is 1. The Balaban J connectivity index is 1.33. The van der Waals surface area contributed by atoms with Crippen LogP contribution in [-0.2, 0) is 33.9 Å². The lowest BCUT2D eigenvalue weighted by Crippen LogP contribution is -2.46. The SMILES string of the molecule is C[C@H]1Cn2ncc(N3CC(N4CCC[C@H]4C(=O)O)CC3=O)c2CN1C(=O)Cc1cc(F)c(F)c(F)c1. The Morgan fingerprint density at radius 3 is 2.58 bits per heavy atom. The molecule has 5 rings (SSSR count). The van der Waals surface area contributed by atoms with E-state index in [1.165, 1.54) is 0 Å². The third kappa shape index (κ3) is 4.23. The van der Waals surface area contributed by atoms with Crippen LogP contribution in [0.25, 0.3) is 0 Å². The average Bonchev–Trinajstić information content (AvgIpc) is 3.54. The van der Waals surface area contributed by atoms with Gasteiger partial charge in [0.15, 0.2) is 17.5 Å². The van der Waals surface area contributed by atoms with Gasteiger partial charge in [-0.15, -0.1) is 0 Å². The van der Waals surface area contributed by atoms with Gasteiger partial charge in [-0.25, -0.2) is 13.2 Å². The van der Waals surface area contributed by atoms with Crippen molar-refractivity contribution in [2.75, 3.05) is 18.0 Å². The molecule has 3 aliphatic heterocycles. The van der Waals surface area contributed by atoms with E-state index in [9.17, 15) is 32.7 Å². The smallest absolute Gasteiger partial charge is 0.320 e. The normalized spacial score (nSPS) is 24.4. The molecule has 0 bridgehead atoms. The topological polar surface area (TPSA) is 99.0 Å². The molecule has 1 N–H and O–H groups in total. The second-order valence-corrected chi connectivity index (χ2v) is 9.68. The number of hydrogen-bond donors (Lipinski definition) is 1. The highest BCUT2D eigenvalue weighted by molar-refractivity contribution is 5.97. The maximum atomic E-state index is 13.6. The van der Waals surface area contributed by atoms with E-state index >= 15 is 0 Å². The van der Waals surface area contributed by atoms with Crippen molar-refractivity contribution < 1.29 is 32.7 Å².